The molecule has 27 heavy (non-hydrogen) atoms. The SMILES string of the molecule is CCCCN(C)CCC(=O)Nc1oc(C)c(C(=O)OCC)c1C(=O)OCC. The van der Waals surface area contributed by atoms with Gasteiger partial charge in [-0.1, -0.05) is 13.3 Å². The van der Waals surface area contributed by atoms with Gasteiger partial charge in [-0.25, -0.2) is 9.59 Å². The smallest absolute Gasteiger partial charge is 0.344 e. The van der Waals surface area contributed by atoms with Crippen molar-refractivity contribution >= 4 is 23.7 Å². The quantitative estimate of drug-likeness (QED) is 0.587. The maximum absolute atomic E-state index is 12.3. The van der Waals surface area contributed by atoms with Crippen LogP contribution in [0.4, 0.5) is 5.88 Å². The fourth-order valence-electron chi connectivity index (χ4n) is 2.50. The molecule has 1 N–H and O–H groups in total. The topological polar surface area (TPSA) is 98.1 Å². The Bertz CT molecular complexity index is 653. The highest BCUT2D eigenvalue weighted by Crippen LogP contribution is 2.29. The minimum absolute atomic E-state index is 0.0225. The number of esters is 2. The van der Waals surface area contributed by atoms with Crippen molar-refractivity contribution < 1.29 is 28.3 Å². The monoisotopic (exact) mass is 382 g/mol. The van der Waals surface area contributed by atoms with Gasteiger partial charge in [0.2, 0.25) is 11.8 Å². The Labute approximate surface area is 160 Å². The molecule has 1 aromatic heterocycles. The Morgan fingerprint density at radius 1 is 1.00 bits per heavy atom. The Morgan fingerprint density at radius 2 is 1.59 bits per heavy atom. The summed E-state index contributed by atoms with van der Waals surface area (Å²) in [6.45, 7) is 8.71. The lowest BCUT2D eigenvalue weighted by molar-refractivity contribution is -0.116. The van der Waals surface area contributed by atoms with Crippen molar-refractivity contribution in [3.63, 3.8) is 0 Å². The van der Waals surface area contributed by atoms with Gasteiger partial charge >= 0.3 is 11.9 Å². The molecule has 0 saturated heterocycles. The third-order valence-corrected chi connectivity index (χ3v) is 3.91. The van der Waals surface area contributed by atoms with Crippen molar-refractivity contribution in [2.24, 2.45) is 0 Å². The van der Waals surface area contributed by atoms with Gasteiger partial charge in [0, 0.05) is 13.0 Å². The standard InChI is InChI=1S/C19H30N2O6/c1-6-9-11-21(5)12-10-14(22)20-17-16(19(24)26-8-3)15(13(4)27-17)18(23)25-7-2/h6-12H2,1-5H3,(H,20,22). The Morgan fingerprint density at radius 3 is 2.15 bits per heavy atom. The summed E-state index contributed by atoms with van der Waals surface area (Å²) < 4.78 is 15.5. The van der Waals surface area contributed by atoms with Gasteiger partial charge in [-0.3, -0.25) is 10.1 Å². The van der Waals surface area contributed by atoms with E-state index in [0.29, 0.717) is 6.54 Å². The van der Waals surface area contributed by atoms with E-state index in [-0.39, 0.29) is 48.3 Å². The van der Waals surface area contributed by atoms with Gasteiger partial charge in [0.25, 0.3) is 0 Å². The first kappa shape index (κ1) is 22.7. The highest BCUT2D eigenvalue weighted by molar-refractivity contribution is 6.09. The summed E-state index contributed by atoms with van der Waals surface area (Å²) in [6, 6.07) is 0. The van der Waals surface area contributed by atoms with Gasteiger partial charge in [0.1, 0.15) is 16.9 Å². The fraction of sp³-hybridized carbons (Fsp3) is 0.632. The largest absolute Gasteiger partial charge is 0.462 e. The number of aryl methyl sites for hydroxylation is 1. The van der Waals surface area contributed by atoms with Crippen molar-refractivity contribution in [2.75, 3.05) is 38.7 Å². The van der Waals surface area contributed by atoms with E-state index in [9.17, 15) is 14.4 Å². The third-order valence-electron chi connectivity index (χ3n) is 3.91. The van der Waals surface area contributed by atoms with Gasteiger partial charge in [0.15, 0.2) is 0 Å². The lowest BCUT2D eigenvalue weighted by Crippen LogP contribution is -2.25. The number of hydrogen-bond acceptors (Lipinski definition) is 7. The van der Waals surface area contributed by atoms with Crippen LogP contribution in [0, 0.1) is 6.92 Å². The van der Waals surface area contributed by atoms with Crippen LogP contribution in [0.5, 0.6) is 0 Å². The second kappa shape index (κ2) is 11.4. The van der Waals surface area contributed by atoms with Crippen LogP contribution in [-0.4, -0.2) is 56.1 Å². The number of anilines is 1. The molecule has 0 aliphatic carbocycles. The maximum atomic E-state index is 12.3. The number of unbranched alkanes of at least 4 members (excludes halogenated alkanes) is 1. The Hall–Kier alpha value is -2.35. The molecule has 0 spiro atoms. The number of nitrogens with zero attached hydrogens (tertiary/aromatic N) is 1. The molecule has 0 aliphatic rings. The molecule has 1 aromatic rings. The number of hydrogen-bond donors (Lipinski definition) is 1. The van der Waals surface area contributed by atoms with Crippen LogP contribution < -0.4 is 5.32 Å². The van der Waals surface area contributed by atoms with Crippen LogP contribution in [0.3, 0.4) is 0 Å². The average molecular weight is 382 g/mol. The van der Waals surface area contributed by atoms with Crippen LogP contribution in [0.1, 0.15) is 66.5 Å². The highest BCUT2D eigenvalue weighted by atomic mass is 16.5. The zero-order chi connectivity index (χ0) is 20.4. The maximum Gasteiger partial charge on any atom is 0.344 e. The summed E-state index contributed by atoms with van der Waals surface area (Å²) in [6.07, 6.45) is 2.38. The molecule has 0 aromatic carbocycles. The van der Waals surface area contributed by atoms with Crippen LogP contribution in [0.2, 0.25) is 0 Å². The van der Waals surface area contributed by atoms with Gasteiger partial charge in [-0.2, -0.15) is 0 Å². The first-order chi connectivity index (χ1) is 12.8. The van der Waals surface area contributed by atoms with Crippen molar-refractivity contribution in [3.05, 3.63) is 16.9 Å². The summed E-state index contributed by atoms with van der Waals surface area (Å²) >= 11 is 0. The summed E-state index contributed by atoms with van der Waals surface area (Å²) in [4.78, 5) is 38.9. The highest BCUT2D eigenvalue weighted by Gasteiger charge is 2.31. The molecular formula is C19H30N2O6. The predicted molar refractivity (Wildman–Crippen MR) is 101 cm³/mol. The molecule has 1 amide bonds. The van der Waals surface area contributed by atoms with Crippen molar-refractivity contribution in [1.82, 2.24) is 4.90 Å². The predicted octanol–water partition coefficient (Wildman–Crippen LogP) is 3.00. The van der Waals surface area contributed by atoms with Crippen LogP contribution in [-0.2, 0) is 14.3 Å². The van der Waals surface area contributed by atoms with E-state index >= 15 is 0 Å². The number of rotatable bonds is 11. The van der Waals surface area contributed by atoms with E-state index in [1.54, 1.807) is 13.8 Å². The molecule has 0 aliphatic heterocycles. The lowest BCUT2D eigenvalue weighted by Gasteiger charge is -2.15. The zero-order valence-corrected chi connectivity index (χ0v) is 16.8. The van der Waals surface area contributed by atoms with Gasteiger partial charge in [-0.05, 0) is 40.8 Å². The van der Waals surface area contributed by atoms with E-state index in [2.05, 4.69) is 17.1 Å². The molecule has 0 unspecified atom stereocenters. The van der Waals surface area contributed by atoms with Gasteiger partial charge in [0.05, 0.1) is 13.2 Å². The number of carbonyl (C=O) groups excluding carboxylic acids is 3. The molecule has 8 heteroatoms. The number of ether oxygens (including phenoxy) is 2. The van der Waals surface area contributed by atoms with E-state index in [4.69, 9.17) is 13.9 Å². The molecular weight excluding hydrogens is 352 g/mol. The van der Waals surface area contributed by atoms with Crippen molar-refractivity contribution in [1.29, 1.82) is 0 Å². The zero-order valence-electron chi connectivity index (χ0n) is 16.8. The molecule has 0 saturated carbocycles. The third kappa shape index (κ3) is 6.71. The van der Waals surface area contributed by atoms with E-state index in [1.165, 1.54) is 6.92 Å². The number of furan rings is 1. The summed E-state index contributed by atoms with van der Waals surface area (Å²) in [7, 11) is 1.95. The summed E-state index contributed by atoms with van der Waals surface area (Å²) in [5, 5.41) is 2.58. The molecule has 152 valence electrons. The molecule has 8 nitrogen and oxygen atoms in total. The van der Waals surface area contributed by atoms with Crippen LogP contribution >= 0.6 is 0 Å². The van der Waals surface area contributed by atoms with Crippen molar-refractivity contribution in [2.45, 2.75) is 47.0 Å². The number of nitrogens with one attached hydrogen (secondary N) is 1. The minimum Gasteiger partial charge on any atom is -0.462 e. The lowest BCUT2D eigenvalue weighted by atomic mass is 10.1. The normalized spacial score (nSPS) is 10.7. The van der Waals surface area contributed by atoms with E-state index < -0.39 is 11.9 Å². The van der Waals surface area contributed by atoms with Crippen LogP contribution in [0.15, 0.2) is 4.42 Å². The Balaban J connectivity index is 2.95. The van der Waals surface area contributed by atoms with Crippen molar-refractivity contribution in [3.8, 4) is 0 Å². The molecule has 1 heterocycles. The van der Waals surface area contributed by atoms with E-state index in [1.807, 2.05) is 7.05 Å². The first-order valence-electron chi connectivity index (χ1n) is 9.31. The van der Waals surface area contributed by atoms with E-state index in [0.717, 1.165) is 19.4 Å². The fourth-order valence-corrected chi connectivity index (χ4v) is 2.50. The number of carbonyl (C=O) groups is 3. The Kier molecular flexibility index (Phi) is 9.56. The van der Waals surface area contributed by atoms with Gasteiger partial charge < -0.3 is 18.8 Å². The second-order valence-electron chi connectivity index (χ2n) is 6.13. The van der Waals surface area contributed by atoms with Gasteiger partial charge in [-0.15, -0.1) is 0 Å². The number of amides is 1. The summed E-state index contributed by atoms with van der Waals surface area (Å²) in [5.41, 5.74) is -0.133. The molecule has 0 radical (unpaired) electrons. The average Bonchev–Trinajstić information content (AvgIpc) is 2.94. The first-order valence-corrected chi connectivity index (χ1v) is 9.31. The summed E-state index contributed by atoms with van der Waals surface area (Å²) in [5.74, 6) is -1.65. The molecule has 1 rings (SSSR count). The molecule has 0 fully saturated rings. The minimum atomic E-state index is -0.743. The molecule has 0 atom stereocenters. The molecule has 0 bridgehead atoms. The van der Waals surface area contributed by atoms with Crippen LogP contribution in [0.25, 0.3) is 0 Å². The second-order valence-corrected chi connectivity index (χ2v) is 6.13.